The van der Waals surface area contributed by atoms with Gasteiger partial charge in [0.15, 0.2) is 0 Å². The van der Waals surface area contributed by atoms with Gasteiger partial charge in [-0.2, -0.15) is 0 Å². The van der Waals surface area contributed by atoms with E-state index in [9.17, 15) is 4.79 Å². The molecular formula is C10H18O. The minimum absolute atomic E-state index is 0.348. The molecule has 0 bridgehead atoms. The minimum atomic E-state index is 0.348. The number of ketones is 1. The number of hydrogen-bond donors (Lipinski definition) is 0. The van der Waals surface area contributed by atoms with Gasteiger partial charge in [0, 0.05) is 12.8 Å². The van der Waals surface area contributed by atoms with Crippen LogP contribution < -0.4 is 0 Å². The summed E-state index contributed by atoms with van der Waals surface area (Å²) in [5.41, 5.74) is 1.22. The zero-order valence-corrected chi connectivity index (χ0v) is 7.98. The topological polar surface area (TPSA) is 17.1 Å². The average Bonchev–Trinajstić information content (AvgIpc) is 1.82. The molecule has 0 aromatic heterocycles. The smallest absolute Gasteiger partial charge is 0.136 e. The molecule has 0 N–H and O–H groups in total. The van der Waals surface area contributed by atoms with Crippen LogP contribution in [-0.4, -0.2) is 5.78 Å². The molecule has 0 saturated heterocycles. The molecule has 0 rings (SSSR count). The van der Waals surface area contributed by atoms with Crippen LogP contribution in [0.5, 0.6) is 0 Å². The third-order valence-electron chi connectivity index (χ3n) is 1.37. The van der Waals surface area contributed by atoms with E-state index < -0.39 is 0 Å². The van der Waals surface area contributed by atoms with Crippen LogP contribution in [-0.2, 0) is 4.79 Å². The van der Waals surface area contributed by atoms with E-state index in [-0.39, 0.29) is 0 Å². The highest BCUT2D eigenvalue weighted by Crippen LogP contribution is 2.04. The van der Waals surface area contributed by atoms with Gasteiger partial charge in [-0.1, -0.05) is 25.5 Å². The van der Waals surface area contributed by atoms with Crippen molar-refractivity contribution in [1.29, 1.82) is 0 Å². The number of carbonyl (C=O) groups excluding carboxylic acids is 1. The molecule has 0 radical (unpaired) electrons. The highest BCUT2D eigenvalue weighted by molar-refractivity contribution is 5.80. The zero-order chi connectivity index (χ0) is 8.85. The first-order valence-electron chi connectivity index (χ1n) is 4.17. The molecule has 0 fully saturated rings. The van der Waals surface area contributed by atoms with Crippen LogP contribution in [0.3, 0.4) is 0 Å². The Hall–Kier alpha value is -0.590. The lowest BCUT2D eigenvalue weighted by molar-refractivity contribution is -0.118. The SMILES string of the molecule is CC(C)=CCC(=O)CC(C)C. The zero-order valence-electron chi connectivity index (χ0n) is 7.98. The van der Waals surface area contributed by atoms with E-state index in [1.807, 2.05) is 19.9 Å². The summed E-state index contributed by atoms with van der Waals surface area (Å²) >= 11 is 0. The molecule has 0 aliphatic carbocycles. The van der Waals surface area contributed by atoms with Crippen molar-refractivity contribution in [2.75, 3.05) is 0 Å². The maximum atomic E-state index is 11.1. The number of hydrogen-bond acceptors (Lipinski definition) is 1. The van der Waals surface area contributed by atoms with E-state index in [1.165, 1.54) is 5.57 Å². The van der Waals surface area contributed by atoms with Crippen molar-refractivity contribution in [3.63, 3.8) is 0 Å². The molecule has 0 amide bonds. The van der Waals surface area contributed by atoms with Crippen LogP contribution in [0.15, 0.2) is 11.6 Å². The lowest BCUT2D eigenvalue weighted by atomic mass is 10.0. The van der Waals surface area contributed by atoms with Crippen LogP contribution in [0.25, 0.3) is 0 Å². The summed E-state index contributed by atoms with van der Waals surface area (Å²) in [6, 6.07) is 0. The van der Waals surface area contributed by atoms with E-state index in [4.69, 9.17) is 0 Å². The summed E-state index contributed by atoms with van der Waals surface area (Å²) in [7, 11) is 0. The van der Waals surface area contributed by atoms with Gasteiger partial charge < -0.3 is 0 Å². The Morgan fingerprint density at radius 2 is 1.91 bits per heavy atom. The van der Waals surface area contributed by atoms with Gasteiger partial charge in [-0.15, -0.1) is 0 Å². The molecule has 0 aliphatic heterocycles. The van der Waals surface area contributed by atoms with Gasteiger partial charge >= 0.3 is 0 Å². The normalized spacial score (nSPS) is 9.91. The van der Waals surface area contributed by atoms with E-state index in [0.717, 1.165) is 0 Å². The van der Waals surface area contributed by atoms with Crippen molar-refractivity contribution in [2.45, 2.75) is 40.5 Å². The molecule has 0 aliphatic rings. The number of rotatable bonds is 4. The van der Waals surface area contributed by atoms with Gasteiger partial charge in [0.05, 0.1) is 0 Å². The van der Waals surface area contributed by atoms with Crippen LogP contribution >= 0.6 is 0 Å². The second kappa shape index (κ2) is 5.11. The lowest BCUT2D eigenvalue weighted by Crippen LogP contribution is -2.00. The largest absolute Gasteiger partial charge is 0.299 e. The lowest BCUT2D eigenvalue weighted by Gasteiger charge is -2.00. The summed E-state index contributed by atoms with van der Waals surface area (Å²) in [6.07, 6.45) is 3.31. The molecule has 11 heavy (non-hydrogen) atoms. The molecular weight excluding hydrogens is 136 g/mol. The monoisotopic (exact) mass is 154 g/mol. The van der Waals surface area contributed by atoms with Crippen molar-refractivity contribution in [2.24, 2.45) is 5.92 Å². The van der Waals surface area contributed by atoms with Crippen LogP contribution in [0.2, 0.25) is 0 Å². The van der Waals surface area contributed by atoms with Crippen molar-refractivity contribution < 1.29 is 4.79 Å². The van der Waals surface area contributed by atoms with E-state index in [0.29, 0.717) is 24.5 Å². The first-order valence-corrected chi connectivity index (χ1v) is 4.17. The maximum Gasteiger partial charge on any atom is 0.136 e. The van der Waals surface area contributed by atoms with E-state index in [1.54, 1.807) is 0 Å². The minimum Gasteiger partial charge on any atom is -0.299 e. The fourth-order valence-corrected chi connectivity index (χ4v) is 0.857. The van der Waals surface area contributed by atoms with E-state index in [2.05, 4.69) is 13.8 Å². The standard InChI is InChI=1S/C10H18O/c1-8(2)5-6-10(11)7-9(3)4/h5,9H,6-7H2,1-4H3. The molecule has 1 nitrogen and oxygen atoms in total. The first kappa shape index (κ1) is 10.4. The molecule has 0 spiro atoms. The molecule has 0 unspecified atom stereocenters. The van der Waals surface area contributed by atoms with Gasteiger partial charge in [-0.05, 0) is 19.8 Å². The summed E-state index contributed by atoms with van der Waals surface area (Å²) in [6.45, 7) is 8.17. The first-order chi connectivity index (χ1) is 5.02. The number of allylic oxidation sites excluding steroid dienone is 2. The Morgan fingerprint density at radius 1 is 1.36 bits per heavy atom. The Labute approximate surface area is 69.5 Å². The van der Waals surface area contributed by atoms with E-state index >= 15 is 0 Å². The summed E-state index contributed by atoms with van der Waals surface area (Å²) in [4.78, 5) is 11.1. The highest BCUT2D eigenvalue weighted by atomic mass is 16.1. The number of Topliss-reactive ketones (excluding diaryl/α,β-unsaturated/α-hetero) is 1. The van der Waals surface area contributed by atoms with Crippen molar-refractivity contribution in [1.82, 2.24) is 0 Å². The molecule has 0 saturated carbocycles. The predicted octanol–water partition coefficient (Wildman–Crippen LogP) is 2.96. The van der Waals surface area contributed by atoms with Gasteiger partial charge in [0.25, 0.3) is 0 Å². The maximum absolute atomic E-state index is 11.1. The summed E-state index contributed by atoms with van der Waals surface area (Å²) in [5, 5.41) is 0. The van der Waals surface area contributed by atoms with Crippen LogP contribution in [0.4, 0.5) is 0 Å². The van der Waals surface area contributed by atoms with Gasteiger partial charge in [-0.3, -0.25) is 4.79 Å². The van der Waals surface area contributed by atoms with Crippen molar-refractivity contribution in [3.05, 3.63) is 11.6 Å². The van der Waals surface area contributed by atoms with Gasteiger partial charge in [0.2, 0.25) is 0 Å². The Morgan fingerprint density at radius 3 is 2.27 bits per heavy atom. The molecule has 0 aromatic rings. The fraction of sp³-hybridized carbons (Fsp3) is 0.700. The predicted molar refractivity (Wildman–Crippen MR) is 48.5 cm³/mol. The van der Waals surface area contributed by atoms with Gasteiger partial charge in [-0.25, -0.2) is 0 Å². The average molecular weight is 154 g/mol. The second-order valence-corrected chi connectivity index (χ2v) is 3.62. The van der Waals surface area contributed by atoms with Crippen molar-refractivity contribution >= 4 is 5.78 Å². The molecule has 0 heterocycles. The molecule has 64 valence electrons. The quantitative estimate of drug-likeness (QED) is 0.569. The fourth-order valence-electron chi connectivity index (χ4n) is 0.857. The van der Waals surface area contributed by atoms with Gasteiger partial charge in [0.1, 0.15) is 5.78 Å². The molecule has 1 heteroatoms. The molecule has 0 atom stereocenters. The third-order valence-corrected chi connectivity index (χ3v) is 1.37. The second-order valence-electron chi connectivity index (χ2n) is 3.62. The Kier molecular flexibility index (Phi) is 4.84. The molecule has 0 aromatic carbocycles. The van der Waals surface area contributed by atoms with Crippen LogP contribution in [0.1, 0.15) is 40.5 Å². The van der Waals surface area contributed by atoms with Crippen LogP contribution in [0, 0.1) is 5.92 Å². The third kappa shape index (κ3) is 7.31. The summed E-state index contributed by atoms with van der Waals surface area (Å²) in [5.74, 6) is 0.842. The van der Waals surface area contributed by atoms with Crippen molar-refractivity contribution in [3.8, 4) is 0 Å². The Balaban J connectivity index is 3.62. The summed E-state index contributed by atoms with van der Waals surface area (Å²) < 4.78 is 0. The highest BCUT2D eigenvalue weighted by Gasteiger charge is 2.01. The number of carbonyl (C=O) groups is 1. The Bertz CT molecular complexity index is 150.